The highest BCUT2D eigenvalue weighted by molar-refractivity contribution is 6.16. The van der Waals surface area contributed by atoms with Gasteiger partial charge in [0.25, 0.3) is 0 Å². The van der Waals surface area contributed by atoms with Crippen molar-refractivity contribution in [1.29, 1.82) is 0 Å². The van der Waals surface area contributed by atoms with Crippen molar-refractivity contribution in [3.05, 3.63) is 47.6 Å². The summed E-state index contributed by atoms with van der Waals surface area (Å²) in [6.07, 6.45) is 1.48. The van der Waals surface area contributed by atoms with Crippen molar-refractivity contribution < 1.29 is 13.3 Å². The topological polar surface area (TPSA) is 43.9 Å². The molecule has 0 saturated heterocycles. The lowest BCUT2D eigenvalue weighted by atomic mass is 10.3. The first kappa shape index (κ1) is 12.1. The van der Waals surface area contributed by atoms with Crippen LogP contribution in [-0.4, -0.2) is 14.7 Å². The second-order valence-electron chi connectivity index (χ2n) is 3.96. The third kappa shape index (κ3) is 1.98. The lowest BCUT2D eigenvalue weighted by Crippen LogP contribution is -2.04. The number of imidazole rings is 1. The van der Waals surface area contributed by atoms with Gasteiger partial charge in [-0.05, 0) is 12.1 Å². The Morgan fingerprint density at radius 1 is 1.26 bits per heavy atom. The van der Waals surface area contributed by atoms with Crippen LogP contribution < -0.4 is 0 Å². The van der Waals surface area contributed by atoms with Crippen molar-refractivity contribution in [1.82, 2.24) is 14.7 Å². The highest BCUT2D eigenvalue weighted by atomic mass is 35.5. The minimum absolute atomic E-state index is 0.0760. The molecular formula is C12H8ClF2N3O. The standard InChI is InChI=1S/C12H8ClF2N3O/c13-5-10-17-9-2-1-8(14)11(15)12(9)18(10)6-7-3-4-16-19-7/h1-4H,5-6H2. The Morgan fingerprint density at radius 2 is 2.11 bits per heavy atom. The number of halogens is 3. The second kappa shape index (κ2) is 4.62. The molecule has 0 amide bonds. The first-order chi connectivity index (χ1) is 9.20. The first-order valence-corrected chi connectivity index (χ1v) is 6.03. The number of aromatic nitrogens is 3. The summed E-state index contributed by atoms with van der Waals surface area (Å²) in [6.45, 7) is 0.193. The van der Waals surface area contributed by atoms with Crippen molar-refractivity contribution in [3.8, 4) is 0 Å². The smallest absolute Gasteiger partial charge is 0.184 e. The Morgan fingerprint density at radius 3 is 2.79 bits per heavy atom. The fourth-order valence-corrected chi connectivity index (χ4v) is 2.16. The van der Waals surface area contributed by atoms with Crippen LogP contribution in [0.5, 0.6) is 0 Å². The average molecular weight is 284 g/mol. The molecule has 3 aromatic rings. The minimum atomic E-state index is -0.944. The summed E-state index contributed by atoms with van der Waals surface area (Å²) in [7, 11) is 0. The van der Waals surface area contributed by atoms with Gasteiger partial charge in [0.15, 0.2) is 17.4 Å². The number of hydrogen-bond donors (Lipinski definition) is 0. The fourth-order valence-electron chi connectivity index (χ4n) is 1.96. The number of alkyl halides is 1. The molecule has 2 heterocycles. The summed E-state index contributed by atoms with van der Waals surface area (Å²) in [4.78, 5) is 4.18. The molecule has 0 saturated carbocycles. The van der Waals surface area contributed by atoms with E-state index in [4.69, 9.17) is 16.1 Å². The van der Waals surface area contributed by atoms with Crippen LogP contribution in [-0.2, 0) is 12.4 Å². The number of nitrogens with zero attached hydrogens (tertiary/aromatic N) is 3. The maximum Gasteiger partial charge on any atom is 0.184 e. The van der Waals surface area contributed by atoms with Crippen LogP contribution in [0.15, 0.2) is 28.9 Å². The van der Waals surface area contributed by atoms with Gasteiger partial charge in [-0.2, -0.15) is 0 Å². The molecule has 0 radical (unpaired) electrons. The highest BCUT2D eigenvalue weighted by Crippen LogP contribution is 2.23. The molecular weight excluding hydrogens is 276 g/mol. The molecule has 0 aliphatic carbocycles. The van der Waals surface area contributed by atoms with Gasteiger partial charge >= 0.3 is 0 Å². The van der Waals surface area contributed by atoms with E-state index >= 15 is 0 Å². The lowest BCUT2D eigenvalue weighted by Gasteiger charge is -2.05. The zero-order chi connectivity index (χ0) is 13.4. The van der Waals surface area contributed by atoms with E-state index in [0.717, 1.165) is 6.07 Å². The van der Waals surface area contributed by atoms with Crippen LogP contribution in [0.1, 0.15) is 11.6 Å². The Hall–Kier alpha value is -1.95. The van der Waals surface area contributed by atoms with Crippen LogP contribution in [0.3, 0.4) is 0 Å². The van der Waals surface area contributed by atoms with Gasteiger partial charge in [-0.1, -0.05) is 5.16 Å². The number of fused-ring (bicyclic) bond motifs is 1. The zero-order valence-electron chi connectivity index (χ0n) is 9.61. The van der Waals surface area contributed by atoms with Gasteiger partial charge in [0.1, 0.15) is 11.3 Å². The zero-order valence-corrected chi connectivity index (χ0v) is 10.4. The molecule has 0 bridgehead atoms. The van der Waals surface area contributed by atoms with Gasteiger partial charge in [-0.25, -0.2) is 13.8 Å². The normalized spacial score (nSPS) is 11.3. The van der Waals surface area contributed by atoms with Crippen molar-refractivity contribution in [2.24, 2.45) is 0 Å². The van der Waals surface area contributed by atoms with E-state index in [1.807, 2.05) is 0 Å². The minimum Gasteiger partial charge on any atom is -0.359 e. The van der Waals surface area contributed by atoms with Gasteiger partial charge < -0.3 is 9.09 Å². The SMILES string of the molecule is Fc1ccc2nc(CCl)n(Cc3ccno3)c2c1F. The summed E-state index contributed by atoms with van der Waals surface area (Å²) >= 11 is 5.79. The summed E-state index contributed by atoms with van der Waals surface area (Å²) < 4.78 is 33.7. The summed E-state index contributed by atoms with van der Waals surface area (Å²) in [6, 6.07) is 4.10. The van der Waals surface area contributed by atoms with Gasteiger partial charge in [0, 0.05) is 6.07 Å². The van der Waals surface area contributed by atoms with E-state index in [2.05, 4.69) is 10.1 Å². The maximum absolute atomic E-state index is 13.9. The average Bonchev–Trinajstić information content (AvgIpc) is 3.02. The lowest BCUT2D eigenvalue weighted by molar-refractivity contribution is 0.376. The predicted molar refractivity (Wildman–Crippen MR) is 64.8 cm³/mol. The monoisotopic (exact) mass is 283 g/mol. The molecule has 3 rings (SSSR count). The molecule has 0 fully saturated rings. The van der Waals surface area contributed by atoms with Gasteiger partial charge in [0.2, 0.25) is 0 Å². The molecule has 0 N–H and O–H groups in total. The number of hydrogen-bond acceptors (Lipinski definition) is 3. The molecule has 0 atom stereocenters. The molecule has 19 heavy (non-hydrogen) atoms. The third-order valence-electron chi connectivity index (χ3n) is 2.80. The van der Waals surface area contributed by atoms with Crippen molar-refractivity contribution in [3.63, 3.8) is 0 Å². The molecule has 98 valence electrons. The van der Waals surface area contributed by atoms with E-state index in [-0.39, 0.29) is 17.9 Å². The number of rotatable bonds is 3. The summed E-state index contributed by atoms with van der Waals surface area (Å²) in [5.41, 5.74) is 0.432. The van der Waals surface area contributed by atoms with Gasteiger partial charge in [-0.15, -0.1) is 11.6 Å². The molecule has 0 unspecified atom stereocenters. The van der Waals surface area contributed by atoms with E-state index in [1.54, 1.807) is 6.07 Å². The summed E-state index contributed by atoms with van der Waals surface area (Å²) in [5.74, 6) is -0.829. The van der Waals surface area contributed by atoms with E-state index < -0.39 is 11.6 Å². The second-order valence-corrected chi connectivity index (χ2v) is 4.22. The molecule has 7 heteroatoms. The largest absolute Gasteiger partial charge is 0.359 e. The van der Waals surface area contributed by atoms with E-state index in [1.165, 1.54) is 16.8 Å². The molecule has 0 spiro atoms. The molecule has 1 aromatic carbocycles. The highest BCUT2D eigenvalue weighted by Gasteiger charge is 2.17. The van der Waals surface area contributed by atoms with Crippen molar-refractivity contribution in [2.75, 3.05) is 0 Å². The van der Waals surface area contributed by atoms with Crippen LogP contribution >= 0.6 is 11.6 Å². The molecule has 0 aliphatic heterocycles. The Kier molecular flexibility index (Phi) is 2.94. The van der Waals surface area contributed by atoms with Crippen LogP contribution in [0, 0.1) is 11.6 Å². The Balaban J connectivity index is 2.22. The Bertz CT molecular complexity index is 724. The molecule has 2 aromatic heterocycles. The molecule has 0 aliphatic rings. The number of benzene rings is 1. The van der Waals surface area contributed by atoms with Gasteiger partial charge in [-0.3, -0.25) is 0 Å². The first-order valence-electron chi connectivity index (χ1n) is 5.49. The van der Waals surface area contributed by atoms with Crippen molar-refractivity contribution in [2.45, 2.75) is 12.4 Å². The quantitative estimate of drug-likeness (QED) is 0.694. The van der Waals surface area contributed by atoms with Crippen molar-refractivity contribution >= 4 is 22.6 Å². The maximum atomic E-state index is 13.9. The van der Waals surface area contributed by atoms with Gasteiger partial charge in [0.05, 0.1) is 24.1 Å². The van der Waals surface area contributed by atoms with Crippen LogP contribution in [0.25, 0.3) is 11.0 Å². The Labute approximate surface area is 111 Å². The van der Waals surface area contributed by atoms with Crippen LogP contribution in [0.2, 0.25) is 0 Å². The fraction of sp³-hybridized carbons (Fsp3) is 0.167. The summed E-state index contributed by atoms with van der Waals surface area (Å²) in [5, 5.41) is 3.57. The van der Waals surface area contributed by atoms with E-state index in [9.17, 15) is 8.78 Å². The molecule has 4 nitrogen and oxygen atoms in total. The van der Waals surface area contributed by atoms with E-state index in [0.29, 0.717) is 17.1 Å². The predicted octanol–water partition coefficient (Wildman–Crippen LogP) is 3.09. The van der Waals surface area contributed by atoms with Crippen LogP contribution in [0.4, 0.5) is 8.78 Å². The third-order valence-corrected chi connectivity index (χ3v) is 3.04.